The van der Waals surface area contributed by atoms with Crippen LogP contribution in [0.25, 0.3) is 22.6 Å². The van der Waals surface area contributed by atoms with Gasteiger partial charge in [0.25, 0.3) is 5.91 Å². The minimum Gasteiger partial charge on any atom is -0.507 e. The molecule has 1 amide bonds. The molecule has 0 aliphatic rings. The Hall–Kier alpha value is -4.58. The van der Waals surface area contributed by atoms with Gasteiger partial charge < -0.3 is 19.6 Å². The normalized spacial score (nSPS) is 10.9. The van der Waals surface area contributed by atoms with Crippen LogP contribution in [0, 0.1) is 13.8 Å². The van der Waals surface area contributed by atoms with Crippen LogP contribution in [0.15, 0.2) is 89.3 Å². The van der Waals surface area contributed by atoms with E-state index < -0.39 is 0 Å². The molecule has 0 aliphatic heterocycles. The molecule has 0 fully saturated rings. The summed E-state index contributed by atoms with van der Waals surface area (Å²) in [7, 11) is 0. The summed E-state index contributed by atoms with van der Waals surface area (Å²) in [6.07, 6.45) is 0. The lowest BCUT2D eigenvalue weighted by molar-refractivity contribution is 0.102. The molecule has 174 valence electrons. The van der Waals surface area contributed by atoms with Crippen molar-refractivity contribution >= 4 is 22.7 Å². The van der Waals surface area contributed by atoms with E-state index >= 15 is 0 Å². The molecule has 0 saturated carbocycles. The lowest BCUT2D eigenvalue weighted by Gasteiger charge is -2.10. The molecule has 0 bridgehead atoms. The first-order chi connectivity index (χ1) is 17.0. The van der Waals surface area contributed by atoms with Gasteiger partial charge in [0.15, 0.2) is 5.58 Å². The lowest BCUT2D eigenvalue weighted by Crippen LogP contribution is -2.12. The van der Waals surface area contributed by atoms with E-state index in [0.29, 0.717) is 40.3 Å². The molecule has 35 heavy (non-hydrogen) atoms. The predicted molar refractivity (Wildman–Crippen MR) is 136 cm³/mol. The molecule has 5 aromatic rings. The fourth-order valence-electron chi connectivity index (χ4n) is 3.75. The molecule has 4 aromatic carbocycles. The first-order valence-corrected chi connectivity index (χ1v) is 11.3. The second-order valence-corrected chi connectivity index (χ2v) is 8.41. The maximum atomic E-state index is 12.9. The van der Waals surface area contributed by atoms with Crippen LogP contribution in [-0.4, -0.2) is 16.0 Å². The summed E-state index contributed by atoms with van der Waals surface area (Å²) in [5.41, 5.74) is 5.97. The number of amides is 1. The number of nitrogens with zero attached hydrogens (tertiary/aromatic N) is 1. The van der Waals surface area contributed by atoms with E-state index in [1.54, 1.807) is 30.3 Å². The fraction of sp³-hybridized carbons (Fsp3) is 0.103. The molecule has 0 saturated heterocycles. The van der Waals surface area contributed by atoms with Crippen molar-refractivity contribution in [2.45, 2.75) is 20.5 Å². The average molecular weight is 465 g/mol. The highest BCUT2D eigenvalue weighted by Gasteiger charge is 2.15. The highest BCUT2D eigenvalue weighted by atomic mass is 16.5. The third kappa shape index (κ3) is 4.87. The first-order valence-electron chi connectivity index (χ1n) is 11.3. The summed E-state index contributed by atoms with van der Waals surface area (Å²) in [5.74, 6) is 0.606. The number of ether oxygens (including phenoxy) is 1. The van der Waals surface area contributed by atoms with Crippen molar-refractivity contribution in [2.75, 3.05) is 5.32 Å². The van der Waals surface area contributed by atoms with Gasteiger partial charge in [-0.2, -0.15) is 0 Å². The number of hydrogen-bond donors (Lipinski definition) is 2. The number of hydrogen-bond acceptors (Lipinski definition) is 5. The number of oxazole rings is 1. The van der Waals surface area contributed by atoms with Crippen LogP contribution >= 0.6 is 0 Å². The van der Waals surface area contributed by atoms with Crippen LogP contribution < -0.4 is 10.1 Å². The molecule has 0 radical (unpaired) electrons. The number of phenolic OH excluding ortho intramolecular Hbond substituents is 1. The summed E-state index contributed by atoms with van der Waals surface area (Å²) in [6, 6.07) is 25.5. The van der Waals surface area contributed by atoms with Crippen molar-refractivity contribution in [1.29, 1.82) is 0 Å². The van der Waals surface area contributed by atoms with E-state index in [-0.39, 0.29) is 17.5 Å². The number of aromatic nitrogens is 1. The fourth-order valence-corrected chi connectivity index (χ4v) is 3.75. The number of carbonyl (C=O) groups is 1. The third-order valence-corrected chi connectivity index (χ3v) is 5.83. The summed E-state index contributed by atoms with van der Waals surface area (Å²) in [5, 5.41) is 13.3. The van der Waals surface area contributed by atoms with Crippen LogP contribution in [0.1, 0.15) is 27.0 Å². The lowest BCUT2D eigenvalue weighted by atomic mass is 10.1. The number of rotatable bonds is 6. The standard InChI is InChI=1S/C29H24N2O4/c1-18-13-25-27(14-19(18)2)35-29(31-25)24-16-22(11-12-26(24)32)30-28(33)21-9-6-10-23(15-21)34-17-20-7-4-3-5-8-20/h3-16,32H,17H2,1-2H3,(H,30,33). The average Bonchev–Trinajstić information content (AvgIpc) is 3.27. The third-order valence-electron chi connectivity index (χ3n) is 5.83. The first kappa shape index (κ1) is 22.2. The number of fused-ring (bicyclic) bond motifs is 1. The van der Waals surface area contributed by atoms with Crippen molar-refractivity contribution in [3.63, 3.8) is 0 Å². The van der Waals surface area contributed by atoms with Gasteiger partial charge in [-0.05, 0) is 79.1 Å². The van der Waals surface area contributed by atoms with Gasteiger partial charge in [-0.1, -0.05) is 36.4 Å². The molecule has 5 rings (SSSR count). The number of aromatic hydroxyl groups is 1. The number of nitrogens with one attached hydrogen (secondary N) is 1. The molecule has 2 N–H and O–H groups in total. The molecule has 1 heterocycles. The van der Waals surface area contributed by atoms with Gasteiger partial charge in [-0.15, -0.1) is 0 Å². The second kappa shape index (κ2) is 9.35. The molecule has 6 heteroatoms. The Labute approximate surface area is 202 Å². The van der Waals surface area contributed by atoms with Crippen LogP contribution in [0.2, 0.25) is 0 Å². The van der Waals surface area contributed by atoms with Crippen molar-refractivity contribution < 1.29 is 19.1 Å². The van der Waals surface area contributed by atoms with Gasteiger partial charge in [0.2, 0.25) is 5.89 Å². The number of carbonyl (C=O) groups excluding carboxylic acids is 1. The van der Waals surface area contributed by atoms with Crippen LogP contribution in [0.5, 0.6) is 11.5 Å². The molecular weight excluding hydrogens is 440 g/mol. The molecule has 1 aromatic heterocycles. The molecule has 6 nitrogen and oxygen atoms in total. The summed E-state index contributed by atoms with van der Waals surface area (Å²) in [4.78, 5) is 17.4. The molecule has 0 unspecified atom stereocenters. The second-order valence-electron chi connectivity index (χ2n) is 8.41. The molecule has 0 atom stereocenters. The highest BCUT2D eigenvalue weighted by molar-refractivity contribution is 6.04. The van der Waals surface area contributed by atoms with Crippen molar-refractivity contribution in [2.24, 2.45) is 0 Å². The van der Waals surface area contributed by atoms with E-state index in [0.717, 1.165) is 16.7 Å². The Morgan fingerprint density at radius 2 is 1.74 bits per heavy atom. The van der Waals surface area contributed by atoms with Gasteiger partial charge in [-0.25, -0.2) is 4.98 Å². The van der Waals surface area contributed by atoms with Crippen LogP contribution in [0.4, 0.5) is 5.69 Å². The Morgan fingerprint density at radius 3 is 2.57 bits per heavy atom. The summed E-state index contributed by atoms with van der Waals surface area (Å²) in [6.45, 7) is 4.43. The van der Waals surface area contributed by atoms with E-state index in [9.17, 15) is 9.90 Å². The Morgan fingerprint density at radius 1 is 0.943 bits per heavy atom. The highest BCUT2D eigenvalue weighted by Crippen LogP contribution is 2.34. The van der Waals surface area contributed by atoms with E-state index in [1.165, 1.54) is 6.07 Å². The molecular formula is C29H24N2O4. The monoisotopic (exact) mass is 464 g/mol. The van der Waals surface area contributed by atoms with Gasteiger partial charge in [-0.3, -0.25) is 4.79 Å². The van der Waals surface area contributed by atoms with Crippen molar-refractivity contribution in [1.82, 2.24) is 4.98 Å². The zero-order valence-corrected chi connectivity index (χ0v) is 19.4. The Balaban J connectivity index is 1.34. The van der Waals surface area contributed by atoms with Crippen LogP contribution in [-0.2, 0) is 6.61 Å². The zero-order chi connectivity index (χ0) is 24.4. The number of anilines is 1. The maximum absolute atomic E-state index is 12.9. The maximum Gasteiger partial charge on any atom is 0.255 e. The van der Waals surface area contributed by atoms with Crippen LogP contribution in [0.3, 0.4) is 0 Å². The SMILES string of the molecule is Cc1cc2nc(-c3cc(NC(=O)c4cccc(OCc5ccccc5)c4)ccc3O)oc2cc1C. The van der Waals surface area contributed by atoms with Crippen molar-refractivity contribution in [3.05, 3.63) is 107 Å². The number of benzene rings is 4. The summed E-state index contributed by atoms with van der Waals surface area (Å²) >= 11 is 0. The smallest absolute Gasteiger partial charge is 0.255 e. The van der Waals surface area contributed by atoms with E-state index in [4.69, 9.17) is 9.15 Å². The largest absolute Gasteiger partial charge is 0.507 e. The van der Waals surface area contributed by atoms with Gasteiger partial charge in [0.1, 0.15) is 23.6 Å². The Bertz CT molecular complexity index is 1480. The predicted octanol–water partition coefficient (Wildman–Crippen LogP) is 6.65. The van der Waals surface area contributed by atoms with Crippen molar-refractivity contribution in [3.8, 4) is 23.0 Å². The quantitative estimate of drug-likeness (QED) is 0.275. The zero-order valence-electron chi connectivity index (χ0n) is 19.4. The Kier molecular flexibility index (Phi) is 5.94. The van der Waals surface area contributed by atoms with Gasteiger partial charge >= 0.3 is 0 Å². The number of aryl methyl sites for hydroxylation is 2. The summed E-state index contributed by atoms with van der Waals surface area (Å²) < 4.78 is 11.7. The number of phenols is 1. The topological polar surface area (TPSA) is 84.6 Å². The van der Waals surface area contributed by atoms with Gasteiger partial charge in [0, 0.05) is 11.3 Å². The van der Waals surface area contributed by atoms with E-state index in [2.05, 4.69) is 10.3 Å². The van der Waals surface area contributed by atoms with E-state index in [1.807, 2.05) is 62.4 Å². The minimum absolute atomic E-state index is 0.0132. The van der Waals surface area contributed by atoms with Gasteiger partial charge in [0.05, 0.1) is 5.56 Å². The minimum atomic E-state index is -0.296. The molecule has 0 aliphatic carbocycles. The molecule has 0 spiro atoms.